The van der Waals surface area contributed by atoms with E-state index in [4.69, 9.17) is 5.10 Å². The molecule has 1 aliphatic heterocycles. The molecule has 7 heteroatoms. The quantitative estimate of drug-likeness (QED) is 0.487. The van der Waals surface area contributed by atoms with Gasteiger partial charge in [0.25, 0.3) is 0 Å². The first-order chi connectivity index (χ1) is 16.5. The number of aryl methyl sites for hydroxylation is 3. The fourth-order valence-corrected chi connectivity index (χ4v) is 4.77. The van der Waals surface area contributed by atoms with Gasteiger partial charge in [-0.1, -0.05) is 48.0 Å². The van der Waals surface area contributed by atoms with Crippen molar-refractivity contribution in [3.05, 3.63) is 77.1 Å². The first-order valence-electron chi connectivity index (χ1n) is 11.9. The molecule has 0 radical (unpaired) electrons. The maximum atomic E-state index is 12.9. The number of anilines is 1. The number of hydrogen-bond donors (Lipinski definition) is 1. The van der Waals surface area contributed by atoms with E-state index in [1.807, 2.05) is 41.9 Å². The molecular formula is C27H30N6O. The van der Waals surface area contributed by atoms with E-state index in [0.717, 1.165) is 58.7 Å². The lowest BCUT2D eigenvalue weighted by atomic mass is 9.97. The molecule has 0 bridgehead atoms. The third-order valence-corrected chi connectivity index (χ3v) is 6.66. The van der Waals surface area contributed by atoms with Crippen molar-refractivity contribution in [2.24, 2.45) is 5.92 Å². The molecule has 174 valence electrons. The third kappa shape index (κ3) is 4.25. The number of hydrogen-bond acceptors (Lipinski definition) is 5. The molecule has 0 spiro atoms. The highest BCUT2D eigenvalue weighted by Crippen LogP contribution is 2.31. The topological polar surface area (TPSA) is 75.9 Å². The van der Waals surface area contributed by atoms with Gasteiger partial charge in [0.15, 0.2) is 5.82 Å². The Morgan fingerprint density at radius 3 is 2.56 bits per heavy atom. The molecule has 1 aliphatic rings. The molecule has 4 aromatic rings. The SMILES string of the molecule is Cc1ccc(-n2nc3c(N4CCCC(C(=O)NCc5ccccc5)C4)nnc(C)c3c2C)cc1. The second kappa shape index (κ2) is 9.25. The minimum absolute atomic E-state index is 0.0871. The van der Waals surface area contributed by atoms with E-state index >= 15 is 0 Å². The van der Waals surface area contributed by atoms with E-state index in [0.29, 0.717) is 13.1 Å². The van der Waals surface area contributed by atoms with Crippen molar-refractivity contribution in [1.29, 1.82) is 0 Å². The largest absolute Gasteiger partial charge is 0.352 e. The second-order valence-corrected chi connectivity index (χ2v) is 9.15. The van der Waals surface area contributed by atoms with Crippen LogP contribution < -0.4 is 10.2 Å². The van der Waals surface area contributed by atoms with Crippen molar-refractivity contribution >= 4 is 22.6 Å². The number of carbonyl (C=O) groups excluding carboxylic acids is 1. The van der Waals surface area contributed by atoms with Crippen molar-refractivity contribution < 1.29 is 4.79 Å². The van der Waals surface area contributed by atoms with Gasteiger partial charge >= 0.3 is 0 Å². The predicted molar refractivity (Wildman–Crippen MR) is 134 cm³/mol. The maximum absolute atomic E-state index is 12.9. The molecule has 5 rings (SSSR count). The Morgan fingerprint density at radius 2 is 1.79 bits per heavy atom. The molecule has 1 saturated heterocycles. The zero-order valence-electron chi connectivity index (χ0n) is 20.0. The number of benzene rings is 2. The fourth-order valence-electron chi connectivity index (χ4n) is 4.77. The smallest absolute Gasteiger partial charge is 0.225 e. The molecule has 1 fully saturated rings. The number of nitrogens with zero attached hydrogens (tertiary/aromatic N) is 5. The van der Waals surface area contributed by atoms with E-state index in [2.05, 4.69) is 58.5 Å². The molecule has 34 heavy (non-hydrogen) atoms. The van der Waals surface area contributed by atoms with Crippen LogP contribution in [0.3, 0.4) is 0 Å². The van der Waals surface area contributed by atoms with Crippen LogP contribution in [-0.2, 0) is 11.3 Å². The summed E-state index contributed by atoms with van der Waals surface area (Å²) in [7, 11) is 0. The third-order valence-electron chi connectivity index (χ3n) is 6.66. The van der Waals surface area contributed by atoms with E-state index < -0.39 is 0 Å². The van der Waals surface area contributed by atoms with Crippen LogP contribution in [-0.4, -0.2) is 39.0 Å². The number of rotatable bonds is 5. The van der Waals surface area contributed by atoms with Crippen molar-refractivity contribution in [2.75, 3.05) is 18.0 Å². The molecule has 2 aromatic heterocycles. The summed E-state index contributed by atoms with van der Waals surface area (Å²) in [5.74, 6) is 0.761. The number of amides is 1. The molecule has 1 N–H and O–H groups in total. The number of piperidine rings is 1. The van der Waals surface area contributed by atoms with E-state index in [1.165, 1.54) is 5.56 Å². The van der Waals surface area contributed by atoms with Crippen LogP contribution in [0.4, 0.5) is 5.82 Å². The van der Waals surface area contributed by atoms with Gasteiger partial charge in [0.1, 0.15) is 5.52 Å². The number of fused-ring (bicyclic) bond motifs is 1. The summed E-state index contributed by atoms with van der Waals surface area (Å²) in [6, 6.07) is 18.4. The van der Waals surface area contributed by atoms with Crippen LogP contribution in [0, 0.1) is 26.7 Å². The zero-order chi connectivity index (χ0) is 23.7. The lowest BCUT2D eigenvalue weighted by molar-refractivity contribution is -0.125. The standard InChI is InChI=1S/C27H30N6O/c1-18-11-13-23(14-12-18)33-20(3)24-19(2)29-30-26(25(24)31-33)32-15-7-10-22(17-32)27(34)28-16-21-8-5-4-6-9-21/h4-6,8-9,11-14,22H,7,10,15-17H2,1-3H3,(H,28,34). The first-order valence-corrected chi connectivity index (χ1v) is 11.9. The number of aromatic nitrogens is 4. The lowest BCUT2D eigenvalue weighted by Gasteiger charge is -2.32. The van der Waals surface area contributed by atoms with Crippen molar-refractivity contribution in [1.82, 2.24) is 25.3 Å². The molecule has 7 nitrogen and oxygen atoms in total. The molecule has 2 aromatic carbocycles. The predicted octanol–water partition coefficient (Wildman–Crippen LogP) is 4.27. The van der Waals surface area contributed by atoms with Crippen LogP contribution in [0.15, 0.2) is 54.6 Å². The number of carbonyl (C=O) groups is 1. The summed E-state index contributed by atoms with van der Waals surface area (Å²) in [6.07, 6.45) is 1.80. The Morgan fingerprint density at radius 1 is 1.03 bits per heavy atom. The van der Waals surface area contributed by atoms with Crippen molar-refractivity contribution in [2.45, 2.75) is 40.2 Å². The van der Waals surface area contributed by atoms with Gasteiger partial charge in [-0.05, 0) is 51.3 Å². The Hall–Kier alpha value is -3.74. The lowest BCUT2D eigenvalue weighted by Crippen LogP contribution is -2.43. The molecule has 1 amide bonds. The highest BCUT2D eigenvalue weighted by atomic mass is 16.1. The monoisotopic (exact) mass is 454 g/mol. The Bertz CT molecular complexity index is 1310. The maximum Gasteiger partial charge on any atom is 0.225 e. The molecular weight excluding hydrogens is 424 g/mol. The van der Waals surface area contributed by atoms with Crippen molar-refractivity contribution in [3.63, 3.8) is 0 Å². The van der Waals surface area contributed by atoms with Gasteiger partial charge in [0, 0.05) is 19.6 Å². The molecule has 0 saturated carbocycles. The first kappa shape index (κ1) is 22.1. The highest BCUT2D eigenvalue weighted by molar-refractivity contribution is 5.92. The summed E-state index contributed by atoms with van der Waals surface area (Å²) in [6.45, 7) is 8.13. The summed E-state index contributed by atoms with van der Waals surface area (Å²) >= 11 is 0. The van der Waals surface area contributed by atoms with Crippen molar-refractivity contribution in [3.8, 4) is 5.69 Å². The Balaban J connectivity index is 1.41. The van der Waals surface area contributed by atoms with Gasteiger partial charge in [-0.2, -0.15) is 10.2 Å². The average Bonchev–Trinajstić information content (AvgIpc) is 3.22. The molecule has 1 unspecified atom stereocenters. The van der Waals surface area contributed by atoms with Crippen LogP contribution >= 0.6 is 0 Å². The molecule has 3 heterocycles. The summed E-state index contributed by atoms with van der Waals surface area (Å²) in [4.78, 5) is 15.1. The summed E-state index contributed by atoms with van der Waals surface area (Å²) in [5.41, 5.74) is 6.08. The van der Waals surface area contributed by atoms with Crippen LogP contribution in [0.5, 0.6) is 0 Å². The average molecular weight is 455 g/mol. The zero-order valence-corrected chi connectivity index (χ0v) is 20.0. The van der Waals surface area contributed by atoms with Crippen LogP contribution in [0.1, 0.15) is 35.4 Å². The van der Waals surface area contributed by atoms with Gasteiger partial charge in [-0.15, -0.1) is 5.10 Å². The van der Waals surface area contributed by atoms with Gasteiger partial charge in [0.2, 0.25) is 5.91 Å². The minimum Gasteiger partial charge on any atom is -0.352 e. The molecule has 0 aliphatic carbocycles. The van der Waals surface area contributed by atoms with E-state index in [1.54, 1.807) is 0 Å². The van der Waals surface area contributed by atoms with Gasteiger partial charge < -0.3 is 10.2 Å². The highest BCUT2D eigenvalue weighted by Gasteiger charge is 2.29. The van der Waals surface area contributed by atoms with Gasteiger partial charge in [-0.3, -0.25) is 4.79 Å². The van der Waals surface area contributed by atoms with Gasteiger partial charge in [0.05, 0.1) is 28.4 Å². The fraction of sp³-hybridized carbons (Fsp3) is 0.333. The van der Waals surface area contributed by atoms with E-state index in [9.17, 15) is 4.79 Å². The van der Waals surface area contributed by atoms with Gasteiger partial charge in [-0.25, -0.2) is 4.68 Å². The normalized spacial score (nSPS) is 16.1. The summed E-state index contributed by atoms with van der Waals surface area (Å²) in [5, 5.41) is 18.1. The summed E-state index contributed by atoms with van der Waals surface area (Å²) < 4.78 is 1.97. The molecule has 1 atom stereocenters. The Kier molecular flexibility index (Phi) is 6.01. The second-order valence-electron chi connectivity index (χ2n) is 9.15. The number of nitrogens with one attached hydrogen (secondary N) is 1. The van der Waals surface area contributed by atoms with E-state index in [-0.39, 0.29) is 11.8 Å². The van der Waals surface area contributed by atoms with Crippen LogP contribution in [0.25, 0.3) is 16.6 Å². The van der Waals surface area contributed by atoms with Crippen LogP contribution in [0.2, 0.25) is 0 Å². The minimum atomic E-state index is -0.0871. The Labute approximate surface area is 199 Å².